The first kappa shape index (κ1) is 15.0. The molecule has 1 atom stereocenters. The second-order valence-electron chi connectivity index (χ2n) is 6.55. The molecule has 5 nitrogen and oxygen atoms in total. The summed E-state index contributed by atoms with van der Waals surface area (Å²) < 4.78 is 3.97. The third-order valence-electron chi connectivity index (χ3n) is 4.97. The predicted molar refractivity (Wildman–Crippen MR) is 93.8 cm³/mol. The molecule has 0 saturated carbocycles. The minimum Gasteiger partial charge on any atom is -0.350 e. The van der Waals surface area contributed by atoms with Crippen molar-refractivity contribution in [3.63, 3.8) is 0 Å². The number of para-hydroxylation sites is 1. The molecule has 24 heavy (non-hydrogen) atoms. The zero-order chi connectivity index (χ0) is 16.5. The van der Waals surface area contributed by atoms with E-state index in [1.165, 1.54) is 6.42 Å². The van der Waals surface area contributed by atoms with E-state index in [-0.39, 0.29) is 11.9 Å². The van der Waals surface area contributed by atoms with Crippen molar-refractivity contribution in [1.82, 2.24) is 19.2 Å². The van der Waals surface area contributed by atoms with Gasteiger partial charge in [-0.2, -0.15) is 5.10 Å². The summed E-state index contributed by atoms with van der Waals surface area (Å²) in [4.78, 5) is 15.3. The van der Waals surface area contributed by atoms with Gasteiger partial charge in [0, 0.05) is 43.1 Å². The van der Waals surface area contributed by atoms with Gasteiger partial charge in [0.15, 0.2) is 0 Å². The lowest BCUT2D eigenvalue weighted by Crippen LogP contribution is -2.45. The lowest BCUT2D eigenvalue weighted by molar-refractivity contribution is 0.0585. The number of aryl methyl sites for hydroxylation is 1. The minimum atomic E-state index is 0.142. The molecule has 1 amide bonds. The predicted octanol–water partition coefficient (Wildman–Crippen LogP) is 3.07. The molecule has 4 rings (SSSR count). The number of amides is 1. The first-order valence-electron chi connectivity index (χ1n) is 8.56. The summed E-state index contributed by atoms with van der Waals surface area (Å²) in [7, 11) is 2.00. The third-order valence-corrected chi connectivity index (χ3v) is 4.97. The number of hydrogen-bond donors (Lipinski definition) is 0. The van der Waals surface area contributed by atoms with Crippen LogP contribution in [0, 0.1) is 0 Å². The number of aromatic nitrogens is 3. The van der Waals surface area contributed by atoms with Crippen molar-refractivity contribution in [2.75, 3.05) is 6.54 Å². The molecule has 0 radical (unpaired) electrons. The lowest BCUT2D eigenvalue weighted by Gasteiger charge is -2.35. The fraction of sp³-hybridized carbons (Fsp3) is 0.368. The van der Waals surface area contributed by atoms with Gasteiger partial charge in [0.25, 0.3) is 5.91 Å². The molecule has 5 heteroatoms. The summed E-state index contributed by atoms with van der Waals surface area (Å²) in [6, 6.07) is 10.2. The van der Waals surface area contributed by atoms with Gasteiger partial charge in [0.1, 0.15) is 0 Å². The van der Waals surface area contributed by atoms with Crippen LogP contribution in [0.3, 0.4) is 0 Å². The van der Waals surface area contributed by atoms with Crippen LogP contribution >= 0.6 is 0 Å². The van der Waals surface area contributed by atoms with Crippen LogP contribution in [-0.4, -0.2) is 37.7 Å². The molecule has 124 valence electrons. The number of carbonyl (C=O) groups is 1. The monoisotopic (exact) mass is 322 g/mol. The minimum absolute atomic E-state index is 0.142. The zero-order valence-corrected chi connectivity index (χ0v) is 13.9. The molecule has 1 unspecified atom stereocenters. The van der Waals surface area contributed by atoms with Crippen LogP contribution in [0.15, 0.2) is 48.9 Å². The van der Waals surface area contributed by atoms with Gasteiger partial charge in [-0.25, -0.2) is 0 Å². The van der Waals surface area contributed by atoms with Gasteiger partial charge in [-0.3, -0.25) is 9.48 Å². The van der Waals surface area contributed by atoms with Gasteiger partial charge >= 0.3 is 0 Å². The van der Waals surface area contributed by atoms with Crippen molar-refractivity contribution >= 4 is 16.8 Å². The first-order valence-corrected chi connectivity index (χ1v) is 8.56. The van der Waals surface area contributed by atoms with Crippen LogP contribution in [0.2, 0.25) is 0 Å². The molecule has 0 spiro atoms. The highest BCUT2D eigenvalue weighted by atomic mass is 16.2. The summed E-state index contributed by atoms with van der Waals surface area (Å²) in [5.41, 5.74) is 1.90. The van der Waals surface area contributed by atoms with Gasteiger partial charge < -0.3 is 9.47 Å². The summed E-state index contributed by atoms with van der Waals surface area (Å²) in [5.74, 6) is 0.142. The number of carbonyl (C=O) groups excluding carboxylic acids is 1. The van der Waals surface area contributed by atoms with Crippen molar-refractivity contribution in [2.45, 2.75) is 31.8 Å². The molecule has 2 aromatic heterocycles. The molecule has 1 aliphatic rings. The van der Waals surface area contributed by atoms with E-state index in [2.05, 4.69) is 11.2 Å². The average molecular weight is 322 g/mol. The van der Waals surface area contributed by atoms with Crippen molar-refractivity contribution in [3.8, 4) is 0 Å². The molecule has 0 bridgehead atoms. The normalized spacial score (nSPS) is 18.2. The van der Waals surface area contributed by atoms with Gasteiger partial charge in [0.2, 0.25) is 0 Å². The Bertz CT molecular complexity index is 850. The number of nitrogens with zero attached hydrogens (tertiary/aromatic N) is 4. The maximum absolute atomic E-state index is 13.2. The molecular formula is C19H22N4O. The Hall–Kier alpha value is -2.56. The Morgan fingerprint density at radius 1 is 1.25 bits per heavy atom. The van der Waals surface area contributed by atoms with E-state index in [0.717, 1.165) is 42.4 Å². The molecule has 1 aromatic carbocycles. The highest BCUT2D eigenvalue weighted by Gasteiger charge is 2.29. The molecule has 0 N–H and O–H groups in total. The smallest absolute Gasteiger partial charge is 0.256 e. The zero-order valence-electron chi connectivity index (χ0n) is 13.9. The SMILES string of the molecule is Cn1cc(C(=O)N2CCCCC2Cn2cccn2)c2ccccc21. The lowest BCUT2D eigenvalue weighted by atomic mass is 10.0. The van der Waals surface area contributed by atoms with Crippen LogP contribution in [-0.2, 0) is 13.6 Å². The van der Waals surface area contributed by atoms with Gasteiger partial charge in [-0.1, -0.05) is 18.2 Å². The van der Waals surface area contributed by atoms with Gasteiger partial charge in [-0.15, -0.1) is 0 Å². The number of piperidine rings is 1. The molecule has 0 aliphatic carbocycles. The molecular weight excluding hydrogens is 300 g/mol. The highest BCUT2D eigenvalue weighted by molar-refractivity contribution is 6.07. The molecule has 3 heterocycles. The molecule has 1 saturated heterocycles. The Morgan fingerprint density at radius 3 is 2.96 bits per heavy atom. The fourth-order valence-corrected chi connectivity index (χ4v) is 3.75. The van der Waals surface area contributed by atoms with E-state index in [4.69, 9.17) is 0 Å². The van der Waals surface area contributed by atoms with E-state index in [1.54, 1.807) is 6.20 Å². The number of benzene rings is 1. The second kappa shape index (κ2) is 6.15. The molecule has 1 aliphatic heterocycles. The van der Waals surface area contributed by atoms with Crippen molar-refractivity contribution in [1.29, 1.82) is 0 Å². The topological polar surface area (TPSA) is 43.1 Å². The Balaban J connectivity index is 1.65. The summed E-state index contributed by atoms with van der Waals surface area (Å²) in [6.45, 7) is 1.59. The molecule has 3 aromatic rings. The van der Waals surface area contributed by atoms with Crippen molar-refractivity contribution < 1.29 is 4.79 Å². The number of rotatable bonds is 3. The van der Waals surface area contributed by atoms with Crippen molar-refractivity contribution in [2.24, 2.45) is 7.05 Å². The third kappa shape index (κ3) is 2.60. The largest absolute Gasteiger partial charge is 0.350 e. The highest BCUT2D eigenvalue weighted by Crippen LogP contribution is 2.26. The van der Waals surface area contributed by atoms with Crippen LogP contribution in [0.25, 0.3) is 10.9 Å². The van der Waals surface area contributed by atoms with Crippen LogP contribution in [0.4, 0.5) is 0 Å². The van der Waals surface area contributed by atoms with Crippen LogP contribution < -0.4 is 0 Å². The van der Waals surface area contributed by atoms with E-state index < -0.39 is 0 Å². The number of fused-ring (bicyclic) bond motifs is 1. The maximum Gasteiger partial charge on any atom is 0.256 e. The summed E-state index contributed by atoms with van der Waals surface area (Å²) >= 11 is 0. The average Bonchev–Trinajstić information content (AvgIpc) is 3.23. The second-order valence-corrected chi connectivity index (χ2v) is 6.55. The fourth-order valence-electron chi connectivity index (χ4n) is 3.75. The van der Waals surface area contributed by atoms with Crippen LogP contribution in [0.5, 0.6) is 0 Å². The summed E-state index contributed by atoms with van der Waals surface area (Å²) in [6.07, 6.45) is 9.01. The maximum atomic E-state index is 13.2. The van der Waals surface area contributed by atoms with E-state index >= 15 is 0 Å². The number of likely N-dealkylation sites (tertiary alicyclic amines) is 1. The summed E-state index contributed by atoms with van der Waals surface area (Å²) in [5, 5.41) is 5.34. The number of hydrogen-bond acceptors (Lipinski definition) is 2. The first-order chi connectivity index (χ1) is 11.7. The van der Waals surface area contributed by atoms with E-state index in [0.29, 0.717) is 0 Å². The van der Waals surface area contributed by atoms with E-state index in [9.17, 15) is 4.79 Å². The van der Waals surface area contributed by atoms with E-state index in [1.807, 2.05) is 57.9 Å². The molecule has 1 fully saturated rings. The van der Waals surface area contributed by atoms with Gasteiger partial charge in [0.05, 0.1) is 18.2 Å². The standard InChI is InChI=1S/C19H22N4O/c1-21-14-17(16-8-2-3-9-18(16)21)19(24)23-12-5-4-7-15(23)13-22-11-6-10-20-22/h2-3,6,8-11,14-15H,4-5,7,12-13H2,1H3. The Morgan fingerprint density at radius 2 is 2.12 bits per heavy atom. The Labute approximate surface area is 141 Å². The Kier molecular flexibility index (Phi) is 3.84. The van der Waals surface area contributed by atoms with Crippen molar-refractivity contribution in [3.05, 3.63) is 54.5 Å². The van der Waals surface area contributed by atoms with Gasteiger partial charge in [-0.05, 0) is 31.4 Å². The van der Waals surface area contributed by atoms with Crippen LogP contribution in [0.1, 0.15) is 29.6 Å². The quantitative estimate of drug-likeness (QED) is 0.744.